The Morgan fingerprint density at radius 2 is 1.78 bits per heavy atom. The molecule has 4 heteroatoms. The van der Waals surface area contributed by atoms with Gasteiger partial charge >= 0.3 is 0 Å². The maximum Gasteiger partial charge on any atom is 0.239 e. The summed E-state index contributed by atoms with van der Waals surface area (Å²) in [6.45, 7) is 7.64. The van der Waals surface area contributed by atoms with Crippen molar-refractivity contribution in [3.63, 3.8) is 0 Å². The molecule has 4 saturated carbocycles. The minimum absolute atomic E-state index is 0.0802. The van der Waals surface area contributed by atoms with E-state index in [1.165, 1.54) is 32.1 Å². The fraction of sp³-hybridized carbons (Fsp3) is 0.947. The average Bonchev–Trinajstić information content (AvgIpc) is 2.50. The number of nitrogens with one attached hydrogen (secondary N) is 1. The number of rotatable bonds is 4. The van der Waals surface area contributed by atoms with Gasteiger partial charge in [-0.3, -0.25) is 9.69 Å². The molecule has 0 spiro atoms. The molecular formula is C19H32N2O2. The molecular weight excluding hydrogens is 288 g/mol. The molecule has 1 saturated heterocycles. The Hall–Kier alpha value is -0.610. The molecule has 5 rings (SSSR count). The quantitative estimate of drug-likeness (QED) is 0.864. The molecule has 5 fully saturated rings. The van der Waals surface area contributed by atoms with Crippen LogP contribution in [0.1, 0.15) is 46.0 Å². The van der Waals surface area contributed by atoms with E-state index in [9.17, 15) is 4.79 Å². The summed E-state index contributed by atoms with van der Waals surface area (Å²) in [4.78, 5) is 15.3. The Labute approximate surface area is 140 Å². The minimum atomic E-state index is -0.0802. The molecule has 0 aromatic heterocycles. The van der Waals surface area contributed by atoms with E-state index in [2.05, 4.69) is 24.1 Å². The van der Waals surface area contributed by atoms with Crippen LogP contribution in [0, 0.1) is 29.6 Å². The first-order valence-electron chi connectivity index (χ1n) is 9.72. The van der Waals surface area contributed by atoms with Crippen LogP contribution in [0.5, 0.6) is 0 Å². The third-order valence-corrected chi connectivity index (χ3v) is 6.68. The van der Waals surface area contributed by atoms with Gasteiger partial charge in [-0.25, -0.2) is 0 Å². The molecule has 1 heterocycles. The molecule has 1 aliphatic heterocycles. The molecule has 5 aliphatic rings. The third-order valence-electron chi connectivity index (χ3n) is 6.68. The second-order valence-corrected chi connectivity index (χ2v) is 8.94. The topological polar surface area (TPSA) is 41.6 Å². The molecule has 0 unspecified atom stereocenters. The Morgan fingerprint density at radius 1 is 1.13 bits per heavy atom. The van der Waals surface area contributed by atoms with Gasteiger partial charge in [-0.1, -0.05) is 13.8 Å². The zero-order chi connectivity index (χ0) is 16.0. The highest BCUT2D eigenvalue weighted by molar-refractivity contribution is 5.82. The summed E-state index contributed by atoms with van der Waals surface area (Å²) in [5.41, 5.74) is 0. The normalized spacial score (nSPS) is 43.1. The summed E-state index contributed by atoms with van der Waals surface area (Å²) in [5, 5.41) is 3.47. The number of hydrogen-bond donors (Lipinski definition) is 1. The van der Waals surface area contributed by atoms with Crippen molar-refractivity contribution in [2.24, 2.45) is 29.6 Å². The zero-order valence-electron chi connectivity index (χ0n) is 14.7. The molecule has 0 aromatic carbocycles. The van der Waals surface area contributed by atoms with Crippen molar-refractivity contribution in [2.75, 3.05) is 26.3 Å². The summed E-state index contributed by atoms with van der Waals surface area (Å²) in [7, 11) is 0. The highest BCUT2D eigenvalue weighted by atomic mass is 16.5. The molecule has 4 bridgehead atoms. The number of ether oxygens (including phenoxy) is 1. The maximum absolute atomic E-state index is 12.9. The van der Waals surface area contributed by atoms with Gasteiger partial charge in [0.15, 0.2) is 0 Å². The first kappa shape index (κ1) is 15.9. The number of nitrogens with zero attached hydrogens (tertiary/aromatic N) is 1. The van der Waals surface area contributed by atoms with Gasteiger partial charge in [0.1, 0.15) is 6.04 Å². The van der Waals surface area contributed by atoms with Crippen LogP contribution < -0.4 is 5.32 Å². The van der Waals surface area contributed by atoms with Gasteiger partial charge in [0.25, 0.3) is 0 Å². The third kappa shape index (κ3) is 3.17. The smallest absolute Gasteiger partial charge is 0.239 e. The van der Waals surface area contributed by atoms with E-state index in [1.807, 2.05) is 0 Å². The molecule has 130 valence electrons. The van der Waals surface area contributed by atoms with Crippen LogP contribution in [0.15, 0.2) is 0 Å². The van der Waals surface area contributed by atoms with E-state index >= 15 is 0 Å². The first-order valence-corrected chi connectivity index (χ1v) is 9.72. The van der Waals surface area contributed by atoms with Gasteiger partial charge in [0, 0.05) is 19.1 Å². The number of amides is 1. The van der Waals surface area contributed by atoms with Crippen molar-refractivity contribution in [1.29, 1.82) is 0 Å². The summed E-state index contributed by atoms with van der Waals surface area (Å²) in [6, 6.07) is 0.362. The Kier molecular flexibility index (Phi) is 4.39. The summed E-state index contributed by atoms with van der Waals surface area (Å²) in [5.74, 6) is 4.23. The van der Waals surface area contributed by atoms with Crippen molar-refractivity contribution >= 4 is 5.91 Å². The van der Waals surface area contributed by atoms with Crippen molar-refractivity contribution < 1.29 is 9.53 Å². The second kappa shape index (κ2) is 6.36. The van der Waals surface area contributed by atoms with E-state index in [0.29, 0.717) is 18.6 Å². The Morgan fingerprint density at radius 3 is 2.39 bits per heavy atom. The van der Waals surface area contributed by atoms with Crippen molar-refractivity contribution in [1.82, 2.24) is 10.2 Å². The van der Waals surface area contributed by atoms with E-state index < -0.39 is 0 Å². The van der Waals surface area contributed by atoms with E-state index in [1.54, 1.807) is 0 Å². The molecule has 4 nitrogen and oxygen atoms in total. The lowest BCUT2D eigenvalue weighted by molar-refractivity contribution is -0.136. The Bertz CT molecular complexity index is 423. The molecule has 1 amide bonds. The molecule has 1 N–H and O–H groups in total. The molecule has 4 aliphatic carbocycles. The van der Waals surface area contributed by atoms with Gasteiger partial charge in [-0.15, -0.1) is 0 Å². The average molecular weight is 320 g/mol. The Balaban J connectivity index is 1.40. The van der Waals surface area contributed by atoms with Crippen LogP contribution in [-0.4, -0.2) is 49.2 Å². The van der Waals surface area contributed by atoms with Gasteiger partial charge in [-0.05, 0) is 61.7 Å². The van der Waals surface area contributed by atoms with Crippen LogP contribution in [0.4, 0.5) is 0 Å². The number of hydrogen-bond acceptors (Lipinski definition) is 3. The summed E-state index contributed by atoms with van der Waals surface area (Å²) >= 11 is 0. The SMILES string of the molecule is CC(C)CN1CCOC[C@@H]1C(=O)NC1C2CC3CC(C2)CC1C3. The van der Waals surface area contributed by atoms with Crippen LogP contribution >= 0.6 is 0 Å². The van der Waals surface area contributed by atoms with Crippen LogP contribution in [0.3, 0.4) is 0 Å². The standard InChI is InChI=1S/C19H32N2O2/c1-12(2)10-21-3-4-23-11-17(21)19(22)20-18-15-6-13-5-14(8-15)9-16(18)7-13/h12-18H,3-11H2,1-2H3,(H,20,22)/t13?,14?,15?,16?,17-,18?/m1/s1. The molecule has 0 aromatic rings. The number of morpholine rings is 1. The van der Waals surface area contributed by atoms with Crippen molar-refractivity contribution in [3.8, 4) is 0 Å². The second-order valence-electron chi connectivity index (χ2n) is 8.94. The maximum atomic E-state index is 12.9. The van der Waals surface area contributed by atoms with E-state index in [-0.39, 0.29) is 11.9 Å². The first-order chi connectivity index (χ1) is 11.1. The molecule has 1 atom stereocenters. The number of carbonyl (C=O) groups excluding carboxylic acids is 1. The molecule has 23 heavy (non-hydrogen) atoms. The minimum Gasteiger partial charge on any atom is -0.378 e. The number of carbonyl (C=O) groups is 1. The highest BCUT2D eigenvalue weighted by Gasteiger charge is 2.49. The largest absolute Gasteiger partial charge is 0.378 e. The lowest BCUT2D eigenvalue weighted by Crippen LogP contribution is -2.61. The van der Waals surface area contributed by atoms with Gasteiger partial charge in [0.2, 0.25) is 5.91 Å². The van der Waals surface area contributed by atoms with Crippen LogP contribution in [0.25, 0.3) is 0 Å². The van der Waals surface area contributed by atoms with Gasteiger partial charge < -0.3 is 10.1 Å². The lowest BCUT2D eigenvalue weighted by atomic mass is 9.54. The predicted octanol–water partition coefficient (Wildman–Crippen LogP) is 2.28. The van der Waals surface area contributed by atoms with Crippen LogP contribution in [-0.2, 0) is 9.53 Å². The fourth-order valence-electron chi connectivity index (χ4n) is 5.99. The molecule has 0 radical (unpaired) electrons. The van der Waals surface area contributed by atoms with Gasteiger partial charge in [-0.2, -0.15) is 0 Å². The van der Waals surface area contributed by atoms with Crippen molar-refractivity contribution in [3.05, 3.63) is 0 Å². The lowest BCUT2D eigenvalue weighted by Gasteiger charge is -2.54. The summed E-state index contributed by atoms with van der Waals surface area (Å²) in [6.07, 6.45) is 6.89. The van der Waals surface area contributed by atoms with Gasteiger partial charge in [0.05, 0.1) is 13.2 Å². The summed E-state index contributed by atoms with van der Waals surface area (Å²) < 4.78 is 5.62. The van der Waals surface area contributed by atoms with Crippen molar-refractivity contribution in [2.45, 2.75) is 58.0 Å². The zero-order valence-corrected chi connectivity index (χ0v) is 14.7. The monoisotopic (exact) mass is 320 g/mol. The van der Waals surface area contributed by atoms with E-state index in [4.69, 9.17) is 4.74 Å². The predicted molar refractivity (Wildman–Crippen MR) is 90.0 cm³/mol. The highest BCUT2D eigenvalue weighted by Crippen LogP contribution is 2.53. The van der Waals surface area contributed by atoms with E-state index in [0.717, 1.165) is 43.4 Å². The fourth-order valence-corrected chi connectivity index (χ4v) is 5.99. The van der Waals surface area contributed by atoms with Crippen LogP contribution in [0.2, 0.25) is 0 Å².